The topological polar surface area (TPSA) is 78.9 Å². The van der Waals surface area contributed by atoms with Crippen molar-refractivity contribution < 1.29 is 19.4 Å². The van der Waals surface area contributed by atoms with Gasteiger partial charge in [-0.05, 0) is 39.8 Å². The number of rotatable bonds is 3. The minimum atomic E-state index is -1.55. The molecule has 0 saturated carbocycles. The number of aliphatic hydroxyl groups is 1. The molecule has 1 atom stereocenters. The Labute approximate surface area is 123 Å². The molecule has 1 aliphatic rings. The van der Waals surface area contributed by atoms with Gasteiger partial charge in [-0.15, -0.1) is 0 Å². The third-order valence-corrected chi connectivity index (χ3v) is 3.87. The van der Waals surface area contributed by atoms with E-state index in [2.05, 4.69) is 5.32 Å². The smallest absolute Gasteiger partial charge is 0.413 e. The van der Waals surface area contributed by atoms with Crippen LogP contribution < -0.4 is 5.32 Å². The van der Waals surface area contributed by atoms with Crippen molar-refractivity contribution in [1.29, 1.82) is 0 Å². The number of ether oxygens (including phenoxy) is 1. The van der Waals surface area contributed by atoms with Crippen LogP contribution in [0.1, 0.15) is 26.3 Å². The lowest BCUT2D eigenvalue weighted by Gasteiger charge is -2.34. The predicted octanol–water partition coefficient (Wildman–Crippen LogP) is 1.87. The van der Waals surface area contributed by atoms with Gasteiger partial charge >= 0.3 is 6.09 Å². The van der Waals surface area contributed by atoms with Gasteiger partial charge in [-0.1, -0.05) is 17.7 Å². The van der Waals surface area contributed by atoms with E-state index in [1.165, 1.54) is 6.92 Å². The second-order valence-electron chi connectivity index (χ2n) is 5.90. The Morgan fingerprint density at radius 3 is 2.33 bits per heavy atom. The number of aryl methyl sites for hydroxylation is 1. The molecule has 2 amide bonds. The summed E-state index contributed by atoms with van der Waals surface area (Å²) in [4.78, 5) is 24.9. The van der Waals surface area contributed by atoms with Gasteiger partial charge in [0, 0.05) is 5.69 Å². The van der Waals surface area contributed by atoms with Gasteiger partial charge in [0.05, 0.1) is 0 Å². The van der Waals surface area contributed by atoms with Crippen LogP contribution in [0.5, 0.6) is 0 Å². The number of carbonyl (C=O) groups excluding carboxylic acids is 2. The molecule has 0 radical (unpaired) electrons. The maximum Gasteiger partial charge on any atom is 0.413 e. The monoisotopic (exact) mass is 292 g/mol. The fourth-order valence-electron chi connectivity index (χ4n) is 2.07. The predicted molar refractivity (Wildman–Crippen MR) is 77.7 cm³/mol. The van der Waals surface area contributed by atoms with Gasteiger partial charge in [-0.3, -0.25) is 9.69 Å². The third kappa shape index (κ3) is 2.85. The second kappa shape index (κ2) is 5.04. The highest BCUT2D eigenvalue weighted by molar-refractivity contribution is 5.94. The van der Waals surface area contributed by atoms with Crippen molar-refractivity contribution in [3.8, 4) is 0 Å². The molecule has 0 bridgehead atoms. The van der Waals surface area contributed by atoms with Crippen LogP contribution in [0.3, 0.4) is 0 Å². The van der Waals surface area contributed by atoms with Crippen LogP contribution in [0.2, 0.25) is 0 Å². The summed E-state index contributed by atoms with van der Waals surface area (Å²) in [6.07, 6.45) is -0.705. The van der Waals surface area contributed by atoms with Crippen LogP contribution in [0, 0.1) is 6.92 Å². The second-order valence-corrected chi connectivity index (χ2v) is 5.90. The number of benzene rings is 1. The molecule has 1 aliphatic heterocycles. The van der Waals surface area contributed by atoms with Gasteiger partial charge in [0.25, 0.3) is 0 Å². The molecule has 0 aromatic heterocycles. The normalized spacial score (nSPS) is 23.9. The summed E-state index contributed by atoms with van der Waals surface area (Å²) in [6, 6.07) is 7.30. The number of cyclic esters (lactones) is 1. The van der Waals surface area contributed by atoms with Gasteiger partial charge in [-0.2, -0.15) is 0 Å². The molecule has 1 fully saturated rings. The van der Waals surface area contributed by atoms with E-state index in [0.29, 0.717) is 5.69 Å². The van der Waals surface area contributed by atoms with E-state index < -0.39 is 23.3 Å². The van der Waals surface area contributed by atoms with Crippen molar-refractivity contribution in [3.05, 3.63) is 29.8 Å². The molecule has 6 nitrogen and oxygen atoms in total. The Balaban J connectivity index is 2.06. The summed E-state index contributed by atoms with van der Waals surface area (Å²) in [6.45, 7) is 6.33. The van der Waals surface area contributed by atoms with Gasteiger partial charge in [0.15, 0.2) is 11.3 Å². The maximum absolute atomic E-state index is 12.0. The molecule has 114 valence electrons. The van der Waals surface area contributed by atoms with E-state index in [9.17, 15) is 14.7 Å². The Bertz CT molecular complexity index is 564. The molecular weight excluding hydrogens is 272 g/mol. The van der Waals surface area contributed by atoms with Crippen molar-refractivity contribution in [2.45, 2.75) is 39.0 Å². The molecule has 0 unspecified atom stereocenters. The summed E-state index contributed by atoms with van der Waals surface area (Å²) < 4.78 is 5.10. The standard InChI is InChI=1S/C15H20N2O4/c1-10-5-7-11(8-6-10)16-12(18)9-17-13(19)21-14(2,3)15(17,4)20/h5-8,20H,9H2,1-4H3,(H,16,18)/t15-/m1/s1. The first-order valence-corrected chi connectivity index (χ1v) is 6.73. The number of hydrogen-bond acceptors (Lipinski definition) is 4. The SMILES string of the molecule is Cc1ccc(NC(=O)CN2C(=O)OC(C)(C)[C@@]2(C)O)cc1. The Kier molecular flexibility index (Phi) is 3.67. The highest BCUT2D eigenvalue weighted by Gasteiger charge is 2.56. The van der Waals surface area contributed by atoms with E-state index >= 15 is 0 Å². The summed E-state index contributed by atoms with van der Waals surface area (Å²) in [5, 5.41) is 13.1. The number of anilines is 1. The van der Waals surface area contributed by atoms with Crippen LogP contribution in [-0.2, 0) is 9.53 Å². The van der Waals surface area contributed by atoms with Crippen LogP contribution in [0.4, 0.5) is 10.5 Å². The maximum atomic E-state index is 12.0. The van der Waals surface area contributed by atoms with Gasteiger partial charge in [-0.25, -0.2) is 4.79 Å². The molecule has 2 N–H and O–H groups in total. The minimum absolute atomic E-state index is 0.275. The molecule has 6 heteroatoms. The van der Waals surface area contributed by atoms with Crippen molar-refractivity contribution in [2.24, 2.45) is 0 Å². The molecule has 1 aromatic rings. The summed E-state index contributed by atoms with van der Waals surface area (Å²) >= 11 is 0. The van der Waals surface area contributed by atoms with Crippen LogP contribution >= 0.6 is 0 Å². The van der Waals surface area contributed by atoms with Crippen LogP contribution in [-0.4, -0.2) is 39.9 Å². The lowest BCUT2D eigenvalue weighted by molar-refractivity contribution is -0.137. The lowest BCUT2D eigenvalue weighted by atomic mass is 9.96. The first kappa shape index (κ1) is 15.3. The molecule has 1 aromatic carbocycles. The largest absolute Gasteiger partial charge is 0.438 e. The Morgan fingerprint density at radius 2 is 1.86 bits per heavy atom. The first-order chi connectivity index (χ1) is 9.63. The first-order valence-electron chi connectivity index (χ1n) is 6.73. The fraction of sp³-hybridized carbons (Fsp3) is 0.467. The van der Waals surface area contributed by atoms with Crippen molar-refractivity contribution in [2.75, 3.05) is 11.9 Å². The van der Waals surface area contributed by atoms with Crippen molar-refractivity contribution in [1.82, 2.24) is 4.90 Å². The summed E-state index contributed by atoms with van der Waals surface area (Å²) in [5.74, 6) is -0.395. The van der Waals surface area contributed by atoms with Gasteiger partial charge in [0.2, 0.25) is 5.91 Å². The van der Waals surface area contributed by atoms with Crippen molar-refractivity contribution in [3.63, 3.8) is 0 Å². The zero-order valence-electron chi connectivity index (χ0n) is 12.6. The zero-order chi connectivity index (χ0) is 15.8. The number of carbonyl (C=O) groups is 2. The molecule has 0 aliphatic carbocycles. The van der Waals surface area contributed by atoms with E-state index in [1.807, 2.05) is 19.1 Å². The highest BCUT2D eigenvalue weighted by Crippen LogP contribution is 2.36. The Hall–Kier alpha value is -2.08. The van der Waals surface area contributed by atoms with Gasteiger partial charge in [0.1, 0.15) is 6.54 Å². The van der Waals surface area contributed by atoms with Crippen LogP contribution in [0.25, 0.3) is 0 Å². The lowest BCUT2D eigenvalue weighted by Crippen LogP contribution is -2.55. The molecular formula is C15H20N2O4. The van der Waals surface area contributed by atoms with Crippen LogP contribution in [0.15, 0.2) is 24.3 Å². The van der Waals surface area contributed by atoms with E-state index in [-0.39, 0.29) is 6.54 Å². The average molecular weight is 292 g/mol. The highest BCUT2D eigenvalue weighted by atomic mass is 16.6. The zero-order valence-corrected chi connectivity index (χ0v) is 12.6. The van der Waals surface area contributed by atoms with Crippen molar-refractivity contribution >= 4 is 17.7 Å². The van der Waals surface area contributed by atoms with E-state index in [4.69, 9.17) is 4.74 Å². The summed E-state index contributed by atoms with van der Waals surface area (Å²) in [7, 11) is 0. The number of amides is 2. The van der Waals surface area contributed by atoms with Gasteiger partial charge < -0.3 is 15.2 Å². The number of nitrogens with zero attached hydrogens (tertiary/aromatic N) is 1. The molecule has 21 heavy (non-hydrogen) atoms. The van der Waals surface area contributed by atoms with E-state index in [0.717, 1.165) is 10.5 Å². The average Bonchev–Trinajstić information content (AvgIpc) is 2.51. The molecule has 1 heterocycles. The minimum Gasteiger partial charge on any atom is -0.438 e. The quantitative estimate of drug-likeness (QED) is 0.891. The number of hydrogen-bond donors (Lipinski definition) is 2. The molecule has 1 saturated heterocycles. The number of nitrogens with one attached hydrogen (secondary N) is 1. The molecule has 0 spiro atoms. The van der Waals surface area contributed by atoms with E-state index in [1.54, 1.807) is 26.0 Å². The summed E-state index contributed by atoms with van der Waals surface area (Å²) in [5.41, 5.74) is -0.902. The fourth-order valence-corrected chi connectivity index (χ4v) is 2.07. The Morgan fingerprint density at radius 1 is 1.29 bits per heavy atom. The third-order valence-electron chi connectivity index (χ3n) is 3.87. The molecule has 2 rings (SSSR count).